The SMILES string of the molecule is CC(O)COc1nsnc1N1CCOCC1.O=C(O)C=CC(=O)O.O=C([O-])CC(O)(CC(=O)O)C(=O)O.[Na+]. The monoisotopic (exact) mass is 575 g/mol. The number of anilines is 1. The molecule has 208 valence electrons. The van der Waals surface area contributed by atoms with E-state index in [1.54, 1.807) is 6.92 Å². The Labute approximate surface area is 241 Å². The minimum atomic E-state index is -2.80. The molecule has 1 aliphatic rings. The number of carboxylic acids is 5. The van der Waals surface area contributed by atoms with E-state index in [0.717, 1.165) is 30.6 Å². The molecule has 1 fully saturated rings. The molecule has 0 bridgehead atoms. The zero-order valence-corrected chi connectivity index (χ0v) is 23.2. The summed E-state index contributed by atoms with van der Waals surface area (Å²) >= 11 is 1.12. The zero-order valence-electron chi connectivity index (χ0n) is 20.4. The molecule has 0 aromatic carbocycles. The second-order valence-corrected chi connectivity index (χ2v) is 7.65. The molecule has 2 heterocycles. The number of carboxylic acid groups (broad SMARTS) is 5. The molecule has 2 unspecified atom stereocenters. The summed E-state index contributed by atoms with van der Waals surface area (Å²) in [5.41, 5.74) is -2.80. The summed E-state index contributed by atoms with van der Waals surface area (Å²) < 4.78 is 19.0. The van der Waals surface area contributed by atoms with Gasteiger partial charge in [-0.2, -0.15) is 4.37 Å². The summed E-state index contributed by atoms with van der Waals surface area (Å²) in [4.78, 5) is 51.5. The summed E-state index contributed by atoms with van der Waals surface area (Å²) in [5.74, 6) is -6.59. The second-order valence-electron chi connectivity index (χ2n) is 7.12. The number of ether oxygens (including phenoxy) is 2. The van der Waals surface area contributed by atoms with Gasteiger partial charge in [0.1, 0.15) is 6.61 Å². The van der Waals surface area contributed by atoms with Crippen molar-refractivity contribution in [1.82, 2.24) is 8.75 Å². The predicted molar refractivity (Wildman–Crippen MR) is 119 cm³/mol. The summed E-state index contributed by atoms with van der Waals surface area (Å²) in [6.07, 6.45) is -1.82. The third-order valence-electron chi connectivity index (χ3n) is 3.86. The van der Waals surface area contributed by atoms with E-state index in [1.165, 1.54) is 0 Å². The fourth-order valence-corrected chi connectivity index (χ4v) is 2.80. The van der Waals surface area contributed by atoms with Crippen LogP contribution in [0.1, 0.15) is 19.8 Å². The average Bonchev–Trinajstić information content (AvgIpc) is 3.25. The van der Waals surface area contributed by atoms with Crippen molar-refractivity contribution in [2.75, 3.05) is 37.8 Å². The topological polar surface area (TPSA) is 277 Å². The standard InChI is InChI=1S/C9H15N3O3S.C6H8O7.C4H4O4.Na/c1-7(13)6-15-9-8(10-16-11-9)12-2-4-14-5-3-12;7-3(8)1-6(13,5(11)12)2-4(9)10;5-3(6)1-2-4(7)8;/h7,13H,2-6H2,1H3;13H,1-2H2,(H,7,8)(H,9,10)(H,11,12);1-2H,(H,5,6)(H,7,8);/q;;;+1/p-1. The number of aliphatic hydroxyl groups is 2. The van der Waals surface area contributed by atoms with Crippen LogP contribution in [0.4, 0.5) is 5.82 Å². The van der Waals surface area contributed by atoms with Crippen molar-refractivity contribution in [2.45, 2.75) is 31.5 Å². The van der Waals surface area contributed by atoms with Crippen LogP contribution in [-0.4, -0.2) is 114 Å². The number of morpholine rings is 1. The zero-order chi connectivity index (χ0) is 28.6. The van der Waals surface area contributed by atoms with Crippen molar-refractivity contribution < 1.29 is 98.7 Å². The average molecular weight is 575 g/mol. The van der Waals surface area contributed by atoms with E-state index in [2.05, 4.69) is 13.6 Å². The van der Waals surface area contributed by atoms with Gasteiger partial charge in [-0.15, -0.1) is 4.37 Å². The van der Waals surface area contributed by atoms with Gasteiger partial charge in [0.25, 0.3) is 5.88 Å². The Morgan fingerprint density at radius 2 is 1.61 bits per heavy atom. The summed E-state index contributed by atoms with van der Waals surface area (Å²) in [5, 5.41) is 60.3. The molecule has 2 atom stereocenters. The van der Waals surface area contributed by atoms with Gasteiger partial charge < -0.3 is 54.9 Å². The predicted octanol–water partition coefficient (Wildman–Crippen LogP) is -5.73. The van der Waals surface area contributed by atoms with Crippen LogP contribution in [0.15, 0.2) is 12.2 Å². The number of aliphatic carboxylic acids is 5. The Bertz CT molecular complexity index is 917. The fraction of sp³-hybridized carbons (Fsp3) is 0.526. The molecule has 1 aromatic rings. The van der Waals surface area contributed by atoms with Crippen molar-refractivity contribution >= 4 is 47.4 Å². The van der Waals surface area contributed by atoms with E-state index in [4.69, 9.17) is 40.1 Å². The Morgan fingerprint density at radius 1 is 1.08 bits per heavy atom. The Kier molecular flexibility index (Phi) is 18.9. The molecule has 1 aromatic heterocycles. The molecule has 1 saturated heterocycles. The Morgan fingerprint density at radius 3 is 2.00 bits per heavy atom. The molecule has 2 rings (SSSR count). The van der Waals surface area contributed by atoms with Gasteiger partial charge in [0.15, 0.2) is 5.60 Å². The van der Waals surface area contributed by atoms with E-state index >= 15 is 0 Å². The number of aliphatic hydroxyl groups excluding tert-OH is 1. The smallest absolute Gasteiger partial charge is 0.550 e. The van der Waals surface area contributed by atoms with Gasteiger partial charge in [-0.05, 0) is 6.92 Å². The number of nitrogens with zero attached hydrogens (tertiary/aromatic N) is 3. The molecule has 38 heavy (non-hydrogen) atoms. The number of hydrogen-bond acceptors (Lipinski definition) is 14. The number of hydrogen-bond donors (Lipinski definition) is 6. The number of rotatable bonds is 11. The van der Waals surface area contributed by atoms with E-state index in [0.29, 0.717) is 31.2 Å². The fourth-order valence-electron chi connectivity index (χ4n) is 2.28. The Balaban J connectivity index is 0. The summed E-state index contributed by atoms with van der Waals surface area (Å²) in [7, 11) is 0. The maximum Gasteiger partial charge on any atom is 1.00 e. The van der Waals surface area contributed by atoms with Crippen LogP contribution in [0.5, 0.6) is 5.88 Å². The van der Waals surface area contributed by atoms with Crippen molar-refractivity contribution in [2.24, 2.45) is 0 Å². The van der Waals surface area contributed by atoms with Gasteiger partial charge in [0.2, 0.25) is 5.82 Å². The molecule has 0 saturated carbocycles. The van der Waals surface area contributed by atoms with Crippen LogP contribution in [0, 0.1) is 0 Å². The van der Waals surface area contributed by atoms with E-state index < -0.39 is 54.4 Å². The third kappa shape index (κ3) is 16.8. The molecular weight excluding hydrogens is 549 g/mol. The molecule has 0 amide bonds. The number of carbonyl (C=O) groups is 5. The largest absolute Gasteiger partial charge is 1.00 e. The van der Waals surface area contributed by atoms with Gasteiger partial charge in [-0.25, -0.2) is 14.4 Å². The Hall–Kier alpha value is -2.87. The minimum absolute atomic E-state index is 0. The molecular formula is C19H26N3NaO14S. The van der Waals surface area contributed by atoms with Crippen LogP contribution < -0.4 is 44.3 Å². The molecule has 0 spiro atoms. The summed E-state index contributed by atoms with van der Waals surface area (Å²) in [6.45, 7) is 4.92. The van der Waals surface area contributed by atoms with Crippen molar-refractivity contribution in [1.29, 1.82) is 0 Å². The molecule has 0 aliphatic carbocycles. The first-order chi connectivity index (χ1) is 17.2. The molecule has 0 radical (unpaired) electrons. The van der Waals surface area contributed by atoms with Gasteiger partial charge in [-0.1, -0.05) is 0 Å². The molecule has 6 N–H and O–H groups in total. The van der Waals surface area contributed by atoms with Gasteiger partial charge >= 0.3 is 53.4 Å². The third-order valence-corrected chi connectivity index (χ3v) is 4.36. The molecule has 17 nitrogen and oxygen atoms in total. The van der Waals surface area contributed by atoms with Gasteiger partial charge in [0.05, 0.1) is 37.5 Å². The first-order valence-corrected chi connectivity index (χ1v) is 10.9. The van der Waals surface area contributed by atoms with Crippen molar-refractivity contribution in [3.63, 3.8) is 0 Å². The maximum atomic E-state index is 10.3. The first-order valence-electron chi connectivity index (χ1n) is 10.2. The molecule has 19 heteroatoms. The maximum absolute atomic E-state index is 10.3. The number of carbonyl (C=O) groups excluding carboxylic acids is 1. The molecule has 1 aliphatic heterocycles. The first kappa shape index (κ1) is 37.3. The van der Waals surface area contributed by atoms with Crippen LogP contribution in [0.3, 0.4) is 0 Å². The van der Waals surface area contributed by atoms with Crippen molar-refractivity contribution in [3.8, 4) is 5.88 Å². The van der Waals surface area contributed by atoms with Gasteiger partial charge in [0, 0.05) is 37.6 Å². The van der Waals surface area contributed by atoms with Crippen LogP contribution >= 0.6 is 11.7 Å². The van der Waals surface area contributed by atoms with Crippen LogP contribution in [0.2, 0.25) is 0 Å². The van der Waals surface area contributed by atoms with Crippen LogP contribution in [0.25, 0.3) is 0 Å². The number of aromatic nitrogens is 2. The summed E-state index contributed by atoms with van der Waals surface area (Å²) in [6, 6.07) is 0. The second kappa shape index (κ2) is 19.2. The van der Waals surface area contributed by atoms with Gasteiger partial charge in [-0.3, -0.25) is 4.79 Å². The van der Waals surface area contributed by atoms with Crippen LogP contribution in [-0.2, 0) is 28.7 Å². The van der Waals surface area contributed by atoms with E-state index in [-0.39, 0.29) is 36.2 Å². The van der Waals surface area contributed by atoms with Crippen molar-refractivity contribution in [3.05, 3.63) is 12.2 Å². The normalized spacial score (nSPS) is 14.8. The quantitative estimate of drug-likeness (QED) is 0.106. The minimum Gasteiger partial charge on any atom is -0.550 e. The van der Waals surface area contributed by atoms with E-state index in [1.807, 2.05) is 0 Å². The van der Waals surface area contributed by atoms with E-state index in [9.17, 15) is 29.1 Å².